The van der Waals surface area contributed by atoms with Crippen molar-refractivity contribution < 1.29 is 29.0 Å². The van der Waals surface area contributed by atoms with Crippen LogP contribution in [0.1, 0.15) is 38.5 Å². The van der Waals surface area contributed by atoms with E-state index < -0.39 is 36.4 Å². The van der Waals surface area contributed by atoms with E-state index in [4.69, 9.17) is 15.6 Å². The third-order valence-electron chi connectivity index (χ3n) is 3.58. The van der Waals surface area contributed by atoms with Crippen LogP contribution in [0.4, 0.5) is 0 Å². The Morgan fingerprint density at radius 3 is 2.45 bits per heavy atom. The summed E-state index contributed by atoms with van der Waals surface area (Å²) in [6.07, 6.45) is 4.78. The van der Waals surface area contributed by atoms with Crippen LogP contribution < -0.4 is 11.1 Å². The van der Waals surface area contributed by atoms with E-state index in [1.165, 1.54) is 13.5 Å². The molecule has 0 bridgehead atoms. The lowest BCUT2D eigenvalue weighted by molar-refractivity contribution is -0.148. The number of ether oxygens (including phenoxy) is 2. The zero-order valence-corrected chi connectivity index (χ0v) is 12.7. The van der Waals surface area contributed by atoms with Crippen LogP contribution in [0, 0.1) is 0 Å². The fourth-order valence-electron chi connectivity index (χ4n) is 2.33. The first-order valence-corrected chi connectivity index (χ1v) is 7.41. The Balaban J connectivity index is 2.50. The molecule has 0 aromatic heterocycles. The van der Waals surface area contributed by atoms with E-state index >= 15 is 0 Å². The molecule has 1 amide bonds. The summed E-state index contributed by atoms with van der Waals surface area (Å²) in [4.78, 5) is 34.0. The Bertz CT molecular complexity index is 395. The first kappa shape index (κ1) is 18.4. The molecule has 1 aliphatic rings. The molecule has 4 N–H and O–H groups in total. The second kappa shape index (κ2) is 9.37. The number of carboxylic acids is 1. The summed E-state index contributed by atoms with van der Waals surface area (Å²) in [6.45, 7) is -0.0110. The number of methoxy groups -OCH3 is 1. The zero-order valence-electron chi connectivity index (χ0n) is 12.7. The van der Waals surface area contributed by atoms with Crippen LogP contribution in [0.25, 0.3) is 0 Å². The third kappa shape index (κ3) is 6.40. The van der Waals surface area contributed by atoms with E-state index in [0.29, 0.717) is 0 Å². The molecule has 22 heavy (non-hydrogen) atoms. The average Bonchev–Trinajstić information content (AvgIpc) is 2.50. The maximum atomic E-state index is 11.8. The number of nitrogens with two attached hydrogens (primary N) is 1. The largest absolute Gasteiger partial charge is 0.481 e. The van der Waals surface area contributed by atoms with Crippen molar-refractivity contribution >= 4 is 17.8 Å². The molecule has 1 saturated carbocycles. The van der Waals surface area contributed by atoms with Crippen molar-refractivity contribution in [3.05, 3.63) is 0 Å². The number of aliphatic carboxylic acids is 1. The average molecular weight is 316 g/mol. The van der Waals surface area contributed by atoms with E-state index in [0.717, 1.165) is 25.7 Å². The highest BCUT2D eigenvalue weighted by Crippen LogP contribution is 2.20. The smallest absolute Gasteiger partial charge is 0.330 e. The molecule has 1 rings (SSSR count). The lowest BCUT2D eigenvalue weighted by Crippen LogP contribution is -2.51. The van der Waals surface area contributed by atoms with Gasteiger partial charge in [0, 0.05) is 0 Å². The molecule has 1 fully saturated rings. The molecule has 0 unspecified atom stereocenters. The van der Waals surface area contributed by atoms with Crippen molar-refractivity contribution in [1.29, 1.82) is 0 Å². The predicted molar refractivity (Wildman–Crippen MR) is 77.0 cm³/mol. The Morgan fingerprint density at radius 1 is 1.27 bits per heavy atom. The molecule has 8 nitrogen and oxygen atoms in total. The van der Waals surface area contributed by atoms with Gasteiger partial charge in [-0.25, -0.2) is 4.79 Å². The zero-order chi connectivity index (χ0) is 16.5. The molecule has 0 aromatic rings. The van der Waals surface area contributed by atoms with Crippen LogP contribution in [-0.4, -0.2) is 54.9 Å². The molecule has 0 heterocycles. The van der Waals surface area contributed by atoms with Gasteiger partial charge >= 0.3 is 11.9 Å². The van der Waals surface area contributed by atoms with Gasteiger partial charge in [-0.15, -0.1) is 0 Å². The third-order valence-corrected chi connectivity index (χ3v) is 3.58. The number of hydrogen-bond donors (Lipinski definition) is 3. The summed E-state index contributed by atoms with van der Waals surface area (Å²) in [5.41, 5.74) is 5.46. The van der Waals surface area contributed by atoms with Gasteiger partial charge in [-0.1, -0.05) is 19.3 Å². The van der Waals surface area contributed by atoms with Gasteiger partial charge in [0.2, 0.25) is 5.91 Å². The Hall–Kier alpha value is -1.67. The number of carbonyl (C=O) groups excluding carboxylic acids is 2. The van der Waals surface area contributed by atoms with E-state index in [1.807, 2.05) is 0 Å². The Labute approximate surface area is 129 Å². The minimum atomic E-state index is -1.22. The fourth-order valence-corrected chi connectivity index (χ4v) is 2.33. The van der Waals surface area contributed by atoms with E-state index in [2.05, 4.69) is 10.1 Å². The van der Waals surface area contributed by atoms with Crippen molar-refractivity contribution in [2.75, 3.05) is 13.7 Å². The van der Waals surface area contributed by atoms with Gasteiger partial charge in [-0.2, -0.15) is 0 Å². The summed E-state index contributed by atoms with van der Waals surface area (Å²) in [7, 11) is 1.21. The number of hydrogen-bond acceptors (Lipinski definition) is 6. The number of nitrogens with one attached hydrogen (secondary N) is 1. The highest BCUT2D eigenvalue weighted by molar-refractivity contribution is 5.89. The van der Waals surface area contributed by atoms with E-state index in [1.54, 1.807) is 0 Å². The molecule has 0 aromatic carbocycles. The molecular weight excluding hydrogens is 292 g/mol. The molecule has 8 heteroatoms. The summed E-state index contributed by atoms with van der Waals surface area (Å²) in [5, 5.41) is 11.0. The molecule has 1 aliphatic carbocycles. The van der Waals surface area contributed by atoms with Crippen LogP contribution in [-0.2, 0) is 23.9 Å². The minimum absolute atomic E-state index is 0.0110. The van der Waals surface area contributed by atoms with Crippen LogP contribution in [0.3, 0.4) is 0 Å². The summed E-state index contributed by atoms with van der Waals surface area (Å²) in [6, 6.07) is -2.21. The monoisotopic (exact) mass is 316 g/mol. The Morgan fingerprint density at radius 2 is 1.91 bits per heavy atom. The van der Waals surface area contributed by atoms with Crippen molar-refractivity contribution in [3.63, 3.8) is 0 Å². The topological polar surface area (TPSA) is 128 Å². The first-order valence-electron chi connectivity index (χ1n) is 7.41. The molecule has 0 spiro atoms. The van der Waals surface area contributed by atoms with Crippen LogP contribution >= 0.6 is 0 Å². The second-order valence-electron chi connectivity index (χ2n) is 5.38. The van der Waals surface area contributed by atoms with Gasteiger partial charge in [0.1, 0.15) is 0 Å². The number of esters is 1. The molecule has 0 radical (unpaired) electrons. The van der Waals surface area contributed by atoms with Gasteiger partial charge in [-0.05, 0) is 12.8 Å². The molecule has 2 atom stereocenters. The summed E-state index contributed by atoms with van der Waals surface area (Å²) in [5.74, 6) is -2.55. The summed E-state index contributed by atoms with van der Waals surface area (Å²) >= 11 is 0. The number of carboxylic acid groups (broad SMARTS) is 1. The van der Waals surface area contributed by atoms with Crippen LogP contribution in [0.5, 0.6) is 0 Å². The highest BCUT2D eigenvalue weighted by Gasteiger charge is 2.27. The van der Waals surface area contributed by atoms with Crippen LogP contribution in [0.15, 0.2) is 0 Å². The standard InChI is InChI=1S/C14H24N2O6/c1-21-14(20)11(8-22-9-5-3-2-4-6-9)16-13(19)10(15)7-12(17)18/h9-11H,2-8,15H2,1H3,(H,16,19)(H,17,18)/t10-,11-/m0/s1. The van der Waals surface area contributed by atoms with Gasteiger partial charge in [-0.3, -0.25) is 9.59 Å². The van der Waals surface area contributed by atoms with Gasteiger partial charge in [0.15, 0.2) is 6.04 Å². The first-order chi connectivity index (χ1) is 10.4. The number of carbonyl (C=O) groups is 3. The van der Waals surface area contributed by atoms with Gasteiger partial charge in [0.25, 0.3) is 0 Å². The predicted octanol–water partition coefficient (Wildman–Crippen LogP) is -0.204. The van der Waals surface area contributed by atoms with Crippen molar-refractivity contribution in [1.82, 2.24) is 5.32 Å². The minimum Gasteiger partial charge on any atom is -0.481 e. The van der Waals surface area contributed by atoms with E-state index in [-0.39, 0.29) is 12.7 Å². The highest BCUT2D eigenvalue weighted by atomic mass is 16.5. The van der Waals surface area contributed by atoms with Crippen molar-refractivity contribution in [3.8, 4) is 0 Å². The number of rotatable bonds is 8. The van der Waals surface area contributed by atoms with Crippen molar-refractivity contribution in [2.24, 2.45) is 5.73 Å². The molecular formula is C14H24N2O6. The fraction of sp³-hybridized carbons (Fsp3) is 0.786. The quantitative estimate of drug-likeness (QED) is 0.529. The SMILES string of the molecule is COC(=O)[C@H](COC1CCCCC1)NC(=O)[C@@H](N)CC(=O)O. The molecule has 0 aliphatic heterocycles. The molecule has 126 valence electrons. The maximum Gasteiger partial charge on any atom is 0.330 e. The second-order valence-corrected chi connectivity index (χ2v) is 5.38. The lowest BCUT2D eigenvalue weighted by atomic mass is 9.98. The summed E-state index contributed by atoms with van der Waals surface area (Å²) < 4.78 is 10.3. The number of amides is 1. The molecule has 0 saturated heterocycles. The van der Waals surface area contributed by atoms with Crippen LogP contribution in [0.2, 0.25) is 0 Å². The van der Waals surface area contributed by atoms with Gasteiger partial charge < -0.3 is 25.6 Å². The maximum absolute atomic E-state index is 11.8. The van der Waals surface area contributed by atoms with Crippen molar-refractivity contribution in [2.45, 2.75) is 56.7 Å². The lowest BCUT2D eigenvalue weighted by Gasteiger charge is -2.25. The Kier molecular flexibility index (Phi) is 7.83. The van der Waals surface area contributed by atoms with E-state index in [9.17, 15) is 14.4 Å². The normalized spacial score (nSPS) is 18.3. The van der Waals surface area contributed by atoms with Gasteiger partial charge in [0.05, 0.1) is 32.3 Å².